The SMILES string of the molecule is CSc1cccc(N2C(=O)/C(=C\c3ccccc3)SC2=S)c1. The summed E-state index contributed by atoms with van der Waals surface area (Å²) in [5, 5.41) is 0. The number of rotatable bonds is 3. The van der Waals surface area contributed by atoms with Crippen molar-refractivity contribution >= 4 is 57.7 Å². The molecule has 1 aliphatic heterocycles. The molecule has 1 fully saturated rings. The lowest BCUT2D eigenvalue weighted by Crippen LogP contribution is -2.27. The molecule has 1 aliphatic rings. The molecule has 2 aromatic carbocycles. The van der Waals surface area contributed by atoms with Gasteiger partial charge in [0.05, 0.1) is 10.6 Å². The highest BCUT2D eigenvalue weighted by molar-refractivity contribution is 8.27. The Morgan fingerprint density at radius 2 is 1.91 bits per heavy atom. The Morgan fingerprint density at radius 3 is 2.64 bits per heavy atom. The zero-order valence-electron chi connectivity index (χ0n) is 11.9. The predicted molar refractivity (Wildman–Crippen MR) is 100 cm³/mol. The molecule has 0 unspecified atom stereocenters. The second-order valence-electron chi connectivity index (χ2n) is 4.63. The van der Waals surface area contributed by atoms with Crippen LogP contribution in [0.4, 0.5) is 5.69 Å². The summed E-state index contributed by atoms with van der Waals surface area (Å²) >= 11 is 8.38. The summed E-state index contributed by atoms with van der Waals surface area (Å²) in [6, 6.07) is 17.7. The monoisotopic (exact) mass is 343 g/mol. The average molecular weight is 343 g/mol. The Morgan fingerprint density at radius 1 is 1.14 bits per heavy atom. The van der Waals surface area contributed by atoms with Gasteiger partial charge in [0.25, 0.3) is 5.91 Å². The summed E-state index contributed by atoms with van der Waals surface area (Å²) in [5.74, 6) is -0.0582. The second kappa shape index (κ2) is 6.69. The Labute approximate surface area is 143 Å². The van der Waals surface area contributed by atoms with Crippen LogP contribution in [0.2, 0.25) is 0 Å². The van der Waals surface area contributed by atoms with Crippen molar-refractivity contribution in [2.75, 3.05) is 11.2 Å². The fourth-order valence-electron chi connectivity index (χ4n) is 2.14. The molecular formula is C17H13NOS3. The van der Waals surface area contributed by atoms with Crippen molar-refractivity contribution in [3.8, 4) is 0 Å². The molecule has 110 valence electrons. The largest absolute Gasteiger partial charge is 0.270 e. The summed E-state index contributed by atoms with van der Waals surface area (Å²) in [7, 11) is 0. The van der Waals surface area contributed by atoms with Gasteiger partial charge < -0.3 is 0 Å². The van der Waals surface area contributed by atoms with Crippen molar-refractivity contribution in [2.24, 2.45) is 0 Å². The van der Waals surface area contributed by atoms with E-state index in [9.17, 15) is 4.79 Å². The van der Waals surface area contributed by atoms with Crippen molar-refractivity contribution in [3.63, 3.8) is 0 Å². The molecule has 0 bridgehead atoms. The molecular weight excluding hydrogens is 330 g/mol. The van der Waals surface area contributed by atoms with Crippen LogP contribution in [0.25, 0.3) is 6.08 Å². The van der Waals surface area contributed by atoms with Crippen LogP contribution < -0.4 is 4.90 Å². The smallest absolute Gasteiger partial charge is 0.268 e. The molecule has 0 N–H and O–H groups in total. The Hall–Kier alpha value is -1.56. The highest BCUT2D eigenvalue weighted by Crippen LogP contribution is 2.36. The van der Waals surface area contributed by atoms with Crippen molar-refractivity contribution in [1.29, 1.82) is 0 Å². The van der Waals surface area contributed by atoms with E-state index in [1.807, 2.05) is 66.9 Å². The Bertz CT molecular complexity index is 756. The Balaban J connectivity index is 1.93. The van der Waals surface area contributed by atoms with Crippen molar-refractivity contribution in [1.82, 2.24) is 0 Å². The fourth-order valence-corrected chi connectivity index (χ4v) is 3.89. The number of amides is 1. The minimum absolute atomic E-state index is 0.0582. The molecule has 0 aromatic heterocycles. The van der Waals surface area contributed by atoms with Gasteiger partial charge >= 0.3 is 0 Å². The van der Waals surface area contributed by atoms with E-state index in [1.165, 1.54) is 11.8 Å². The van der Waals surface area contributed by atoms with Crippen LogP contribution >= 0.6 is 35.7 Å². The number of hydrogen-bond donors (Lipinski definition) is 0. The number of carbonyl (C=O) groups is 1. The lowest BCUT2D eigenvalue weighted by atomic mass is 10.2. The molecule has 0 atom stereocenters. The standard InChI is InChI=1S/C17H13NOS3/c1-21-14-9-5-8-13(11-14)18-16(19)15(22-17(18)20)10-12-6-3-2-4-7-12/h2-11H,1H3/b15-10+. The zero-order chi connectivity index (χ0) is 15.5. The van der Waals surface area contributed by atoms with E-state index in [0.29, 0.717) is 9.23 Å². The van der Waals surface area contributed by atoms with E-state index in [2.05, 4.69) is 0 Å². The number of thioether (sulfide) groups is 2. The van der Waals surface area contributed by atoms with E-state index in [4.69, 9.17) is 12.2 Å². The first kappa shape index (κ1) is 15.3. The lowest BCUT2D eigenvalue weighted by Gasteiger charge is -2.15. The van der Waals surface area contributed by atoms with Crippen molar-refractivity contribution < 1.29 is 4.79 Å². The van der Waals surface area contributed by atoms with E-state index >= 15 is 0 Å². The molecule has 3 rings (SSSR count). The predicted octanol–water partition coefficient (Wildman–Crippen LogP) is 4.81. The highest BCUT2D eigenvalue weighted by atomic mass is 32.2. The minimum Gasteiger partial charge on any atom is -0.268 e. The summed E-state index contributed by atoms with van der Waals surface area (Å²) in [6.07, 6.45) is 3.90. The number of nitrogens with zero attached hydrogens (tertiary/aromatic N) is 1. The third kappa shape index (κ3) is 3.11. The van der Waals surface area contributed by atoms with Crippen LogP contribution in [0.3, 0.4) is 0 Å². The van der Waals surface area contributed by atoms with Gasteiger partial charge in [-0.1, -0.05) is 60.4 Å². The maximum atomic E-state index is 12.7. The van der Waals surface area contributed by atoms with E-state index < -0.39 is 0 Å². The van der Waals surface area contributed by atoms with Gasteiger partial charge in [-0.05, 0) is 36.1 Å². The van der Waals surface area contributed by atoms with Gasteiger partial charge in [0.1, 0.15) is 0 Å². The molecule has 1 saturated heterocycles. The summed E-state index contributed by atoms with van der Waals surface area (Å²) in [6.45, 7) is 0. The van der Waals surface area contributed by atoms with Gasteiger partial charge in [0.2, 0.25) is 0 Å². The summed E-state index contributed by atoms with van der Waals surface area (Å²) < 4.78 is 0.574. The zero-order valence-corrected chi connectivity index (χ0v) is 14.3. The molecule has 5 heteroatoms. The number of anilines is 1. The number of benzene rings is 2. The first-order valence-corrected chi connectivity index (χ1v) is 9.11. The van der Waals surface area contributed by atoms with Gasteiger partial charge in [0.15, 0.2) is 4.32 Å². The molecule has 0 radical (unpaired) electrons. The highest BCUT2D eigenvalue weighted by Gasteiger charge is 2.33. The normalized spacial score (nSPS) is 16.6. The number of thiocarbonyl (C=S) groups is 1. The molecule has 1 amide bonds. The first-order chi connectivity index (χ1) is 10.7. The average Bonchev–Trinajstić information content (AvgIpc) is 2.82. The van der Waals surface area contributed by atoms with Crippen LogP contribution in [0.15, 0.2) is 64.4 Å². The van der Waals surface area contributed by atoms with Crippen molar-refractivity contribution in [3.05, 3.63) is 65.1 Å². The first-order valence-electron chi connectivity index (χ1n) is 6.66. The molecule has 0 spiro atoms. The van der Waals surface area contributed by atoms with Gasteiger partial charge in [-0.25, -0.2) is 0 Å². The van der Waals surface area contributed by atoms with E-state index in [1.54, 1.807) is 16.7 Å². The molecule has 0 aliphatic carbocycles. The molecule has 0 saturated carbocycles. The topological polar surface area (TPSA) is 20.3 Å². The maximum Gasteiger partial charge on any atom is 0.270 e. The van der Waals surface area contributed by atoms with Crippen LogP contribution in [0.5, 0.6) is 0 Å². The fraction of sp³-hybridized carbons (Fsp3) is 0.0588. The Kier molecular flexibility index (Phi) is 4.66. The van der Waals surface area contributed by atoms with E-state index in [-0.39, 0.29) is 5.91 Å². The van der Waals surface area contributed by atoms with Crippen molar-refractivity contribution in [2.45, 2.75) is 4.90 Å². The van der Waals surface area contributed by atoms with E-state index in [0.717, 1.165) is 16.1 Å². The number of hydrogen-bond acceptors (Lipinski definition) is 4. The second-order valence-corrected chi connectivity index (χ2v) is 7.18. The quantitative estimate of drug-likeness (QED) is 0.452. The van der Waals surface area contributed by atoms with Gasteiger partial charge in [0, 0.05) is 4.90 Å². The third-order valence-corrected chi connectivity index (χ3v) is 5.23. The molecule has 1 heterocycles. The third-order valence-electron chi connectivity index (χ3n) is 3.20. The lowest BCUT2D eigenvalue weighted by molar-refractivity contribution is -0.113. The van der Waals surface area contributed by atoms with Crippen LogP contribution in [0.1, 0.15) is 5.56 Å². The van der Waals surface area contributed by atoms with Gasteiger partial charge in [-0.3, -0.25) is 9.69 Å². The molecule has 2 nitrogen and oxygen atoms in total. The maximum absolute atomic E-state index is 12.7. The van der Waals surface area contributed by atoms with Crippen LogP contribution in [-0.2, 0) is 4.79 Å². The molecule has 22 heavy (non-hydrogen) atoms. The van der Waals surface area contributed by atoms with Crippen LogP contribution in [0, 0.1) is 0 Å². The molecule has 2 aromatic rings. The van der Waals surface area contributed by atoms with Crippen LogP contribution in [-0.4, -0.2) is 16.5 Å². The van der Waals surface area contributed by atoms with Gasteiger partial charge in [-0.2, -0.15) is 0 Å². The number of carbonyl (C=O) groups excluding carboxylic acids is 1. The summed E-state index contributed by atoms with van der Waals surface area (Å²) in [5.41, 5.74) is 1.83. The summed E-state index contributed by atoms with van der Waals surface area (Å²) in [4.78, 5) is 16.0. The van der Waals surface area contributed by atoms with Gasteiger partial charge in [-0.15, -0.1) is 11.8 Å². The minimum atomic E-state index is -0.0582.